The molecule has 2 aliphatic heterocycles. The third-order valence-corrected chi connectivity index (χ3v) is 5.95. The lowest BCUT2D eigenvalue weighted by molar-refractivity contribution is -0.137. The van der Waals surface area contributed by atoms with Gasteiger partial charge < -0.3 is 5.32 Å². The third kappa shape index (κ3) is 3.96. The SMILES string of the molecule is O=C1NC(SCc2ccc(C(F)(F)F)cc2)NC2C(c3ccccc3)CNN12. The summed E-state index contributed by atoms with van der Waals surface area (Å²) in [6.07, 6.45) is -4.53. The highest BCUT2D eigenvalue weighted by Gasteiger charge is 2.43. The number of alkyl halides is 3. The maximum absolute atomic E-state index is 12.7. The van der Waals surface area contributed by atoms with E-state index in [-0.39, 0.29) is 23.6 Å². The van der Waals surface area contributed by atoms with Crippen LogP contribution in [0.5, 0.6) is 0 Å². The average Bonchev–Trinajstić information content (AvgIpc) is 3.11. The summed E-state index contributed by atoms with van der Waals surface area (Å²) in [5, 5.41) is 7.84. The number of hydrogen-bond acceptors (Lipinski definition) is 4. The van der Waals surface area contributed by atoms with Crippen molar-refractivity contribution in [3.8, 4) is 0 Å². The molecule has 0 radical (unpaired) electrons. The van der Waals surface area contributed by atoms with Gasteiger partial charge in [-0.05, 0) is 23.3 Å². The second-order valence-electron chi connectivity index (χ2n) is 6.70. The minimum absolute atomic E-state index is 0.112. The number of carbonyl (C=O) groups excluding carboxylic acids is 1. The Morgan fingerprint density at radius 3 is 2.46 bits per heavy atom. The van der Waals surface area contributed by atoms with E-state index in [9.17, 15) is 18.0 Å². The van der Waals surface area contributed by atoms with Gasteiger partial charge in [0.2, 0.25) is 0 Å². The summed E-state index contributed by atoms with van der Waals surface area (Å²) in [5.74, 6) is 0.591. The topological polar surface area (TPSA) is 56.4 Å². The van der Waals surface area contributed by atoms with Crippen molar-refractivity contribution in [3.63, 3.8) is 0 Å². The van der Waals surface area contributed by atoms with Crippen LogP contribution in [-0.4, -0.2) is 29.2 Å². The monoisotopic (exact) mass is 408 g/mol. The first-order valence-electron chi connectivity index (χ1n) is 8.84. The number of hydrogen-bond donors (Lipinski definition) is 3. The first-order valence-corrected chi connectivity index (χ1v) is 9.89. The smallest absolute Gasteiger partial charge is 0.312 e. The molecule has 3 atom stereocenters. The highest BCUT2D eigenvalue weighted by Crippen LogP contribution is 2.31. The Morgan fingerprint density at radius 2 is 1.79 bits per heavy atom. The molecule has 3 N–H and O–H groups in total. The maximum atomic E-state index is 12.7. The zero-order valence-electron chi connectivity index (χ0n) is 14.7. The first-order chi connectivity index (χ1) is 13.4. The second kappa shape index (κ2) is 7.65. The largest absolute Gasteiger partial charge is 0.416 e. The van der Waals surface area contributed by atoms with Gasteiger partial charge in [-0.25, -0.2) is 15.2 Å². The summed E-state index contributed by atoms with van der Waals surface area (Å²) in [5.41, 5.74) is 4.02. The van der Waals surface area contributed by atoms with E-state index >= 15 is 0 Å². The number of nitrogens with zero attached hydrogens (tertiary/aromatic N) is 1. The molecular formula is C19H19F3N4OS. The van der Waals surface area contributed by atoms with Crippen molar-refractivity contribution in [2.45, 2.75) is 29.5 Å². The fraction of sp³-hybridized carbons (Fsp3) is 0.316. The Hall–Kier alpha value is -2.23. The highest BCUT2D eigenvalue weighted by molar-refractivity contribution is 7.99. The van der Waals surface area contributed by atoms with Crippen LogP contribution < -0.4 is 16.1 Å². The van der Waals surface area contributed by atoms with Crippen LogP contribution in [-0.2, 0) is 11.9 Å². The summed E-state index contributed by atoms with van der Waals surface area (Å²) >= 11 is 1.43. The zero-order valence-corrected chi connectivity index (χ0v) is 15.6. The molecule has 0 aliphatic carbocycles. The van der Waals surface area contributed by atoms with E-state index in [2.05, 4.69) is 16.1 Å². The molecule has 2 aromatic carbocycles. The molecule has 2 aliphatic rings. The fourth-order valence-electron chi connectivity index (χ4n) is 3.41. The third-order valence-electron chi connectivity index (χ3n) is 4.86. The van der Waals surface area contributed by atoms with Gasteiger partial charge in [0.1, 0.15) is 11.7 Å². The highest BCUT2D eigenvalue weighted by atomic mass is 32.2. The maximum Gasteiger partial charge on any atom is 0.416 e. The van der Waals surface area contributed by atoms with Crippen LogP contribution in [0, 0.1) is 0 Å². The molecule has 2 amide bonds. The molecule has 0 spiro atoms. The van der Waals surface area contributed by atoms with Crippen LogP contribution in [0.4, 0.5) is 18.0 Å². The van der Waals surface area contributed by atoms with Crippen molar-refractivity contribution in [2.24, 2.45) is 0 Å². The van der Waals surface area contributed by atoms with Crippen molar-refractivity contribution in [1.29, 1.82) is 0 Å². The van der Waals surface area contributed by atoms with Crippen LogP contribution in [0.25, 0.3) is 0 Å². The van der Waals surface area contributed by atoms with Gasteiger partial charge in [-0.2, -0.15) is 13.2 Å². The van der Waals surface area contributed by atoms with E-state index in [4.69, 9.17) is 0 Å². The van der Waals surface area contributed by atoms with Gasteiger partial charge in [0.05, 0.1) is 5.56 Å². The number of fused-ring (bicyclic) bond motifs is 1. The predicted octanol–water partition coefficient (Wildman–Crippen LogP) is 3.47. The van der Waals surface area contributed by atoms with Crippen LogP contribution in [0.3, 0.4) is 0 Å². The lowest BCUT2D eigenvalue weighted by Crippen LogP contribution is -2.65. The average molecular weight is 408 g/mol. The lowest BCUT2D eigenvalue weighted by atomic mass is 9.97. The summed E-state index contributed by atoms with van der Waals surface area (Å²) in [6, 6.07) is 14.8. The molecule has 5 nitrogen and oxygen atoms in total. The number of thioether (sulfide) groups is 1. The minimum Gasteiger partial charge on any atom is -0.312 e. The predicted molar refractivity (Wildman–Crippen MR) is 101 cm³/mol. The lowest BCUT2D eigenvalue weighted by Gasteiger charge is -2.37. The van der Waals surface area contributed by atoms with Gasteiger partial charge in [-0.15, -0.1) is 11.8 Å². The molecule has 3 unspecified atom stereocenters. The van der Waals surface area contributed by atoms with Gasteiger partial charge in [-0.3, -0.25) is 5.32 Å². The summed E-state index contributed by atoms with van der Waals surface area (Å²) in [4.78, 5) is 12.4. The van der Waals surface area contributed by atoms with Gasteiger partial charge in [0.15, 0.2) is 0 Å². The number of benzene rings is 2. The number of halogens is 3. The van der Waals surface area contributed by atoms with Gasteiger partial charge in [-0.1, -0.05) is 42.5 Å². The Balaban J connectivity index is 1.40. The normalized spacial score (nSPS) is 24.8. The number of carbonyl (C=O) groups is 1. The zero-order chi connectivity index (χ0) is 19.7. The molecule has 2 saturated heterocycles. The van der Waals surface area contributed by atoms with Crippen molar-refractivity contribution in [1.82, 2.24) is 21.1 Å². The quantitative estimate of drug-likeness (QED) is 0.725. The van der Waals surface area contributed by atoms with Crippen LogP contribution in [0.15, 0.2) is 54.6 Å². The molecule has 0 bridgehead atoms. The number of hydrazine groups is 1. The van der Waals surface area contributed by atoms with Crippen LogP contribution in [0.2, 0.25) is 0 Å². The fourth-order valence-corrected chi connectivity index (χ4v) is 4.38. The standard InChI is InChI=1S/C19H19F3N4OS/c20-19(21,22)14-8-6-12(7-9-14)11-28-17-24-16-15(13-4-2-1-3-5-13)10-23-26(16)18(27)25-17/h1-9,15-17,23-24H,10-11H2,(H,25,27). The number of rotatable bonds is 4. The molecule has 148 valence electrons. The van der Waals surface area contributed by atoms with E-state index in [0.29, 0.717) is 12.3 Å². The molecule has 9 heteroatoms. The Morgan fingerprint density at radius 1 is 1.07 bits per heavy atom. The number of amides is 2. The Kier molecular flexibility index (Phi) is 5.22. The van der Waals surface area contributed by atoms with Gasteiger partial charge in [0, 0.05) is 18.2 Å². The summed E-state index contributed by atoms with van der Waals surface area (Å²) in [6.45, 7) is 0.644. The Labute approximate surface area is 164 Å². The van der Waals surface area contributed by atoms with E-state index in [1.54, 1.807) is 5.01 Å². The van der Waals surface area contributed by atoms with Crippen molar-refractivity contribution < 1.29 is 18.0 Å². The molecule has 2 heterocycles. The molecule has 2 aromatic rings. The number of urea groups is 1. The van der Waals surface area contributed by atoms with Gasteiger partial charge >= 0.3 is 12.2 Å². The minimum atomic E-state index is -4.34. The first kappa shape index (κ1) is 19.1. The van der Waals surface area contributed by atoms with E-state index < -0.39 is 11.7 Å². The second-order valence-corrected chi connectivity index (χ2v) is 7.79. The molecule has 28 heavy (non-hydrogen) atoms. The van der Waals surface area contributed by atoms with Gasteiger partial charge in [0.25, 0.3) is 0 Å². The molecule has 4 rings (SSSR count). The summed E-state index contributed by atoms with van der Waals surface area (Å²) in [7, 11) is 0. The molecule has 0 aromatic heterocycles. The molecule has 0 saturated carbocycles. The van der Waals surface area contributed by atoms with Crippen molar-refractivity contribution in [3.05, 3.63) is 71.3 Å². The van der Waals surface area contributed by atoms with Crippen LogP contribution in [0.1, 0.15) is 22.6 Å². The molecular weight excluding hydrogens is 389 g/mol. The van der Waals surface area contributed by atoms with E-state index in [1.165, 1.54) is 23.9 Å². The van der Waals surface area contributed by atoms with Crippen molar-refractivity contribution in [2.75, 3.05) is 6.54 Å². The number of nitrogens with one attached hydrogen (secondary N) is 3. The van der Waals surface area contributed by atoms with Crippen molar-refractivity contribution >= 4 is 17.8 Å². The Bertz CT molecular complexity index is 831. The van der Waals surface area contributed by atoms with Crippen LogP contribution >= 0.6 is 11.8 Å². The van der Waals surface area contributed by atoms with E-state index in [1.807, 2.05) is 30.3 Å². The molecule has 2 fully saturated rings. The van der Waals surface area contributed by atoms with E-state index in [0.717, 1.165) is 23.3 Å². The summed E-state index contributed by atoms with van der Waals surface area (Å²) < 4.78 is 38.0.